The Morgan fingerprint density at radius 1 is 1.22 bits per heavy atom. The molecule has 0 saturated carbocycles. The van der Waals surface area contributed by atoms with Gasteiger partial charge in [0.15, 0.2) is 16.7 Å². The van der Waals surface area contributed by atoms with Crippen molar-refractivity contribution < 1.29 is 19.0 Å². The van der Waals surface area contributed by atoms with Crippen molar-refractivity contribution >= 4 is 34.6 Å². The molecule has 0 spiro atoms. The van der Waals surface area contributed by atoms with Gasteiger partial charge in [0, 0.05) is 0 Å². The lowest BCUT2D eigenvalue weighted by Crippen LogP contribution is -2.19. The number of hydrogen-bond donors (Lipinski definition) is 1. The first-order valence-electron chi connectivity index (χ1n) is 8.38. The molecule has 2 aromatic rings. The number of rotatable bonds is 3. The van der Waals surface area contributed by atoms with E-state index in [1.807, 2.05) is 44.2 Å². The van der Waals surface area contributed by atoms with Gasteiger partial charge in [-0.05, 0) is 66.6 Å². The van der Waals surface area contributed by atoms with E-state index >= 15 is 0 Å². The molecule has 138 valence electrons. The van der Waals surface area contributed by atoms with Crippen LogP contribution in [0.15, 0.2) is 40.2 Å². The zero-order valence-electron chi connectivity index (χ0n) is 15.2. The lowest BCUT2D eigenvalue weighted by Gasteiger charge is -2.06. The molecule has 1 N–H and O–H groups in total. The summed E-state index contributed by atoms with van der Waals surface area (Å²) in [6.45, 7) is 4.17. The fraction of sp³-hybridized carbons (Fsp3) is 0.200. The van der Waals surface area contributed by atoms with Gasteiger partial charge in [0.05, 0.1) is 17.7 Å². The average Bonchev–Trinajstić information content (AvgIpc) is 3.24. The molecule has 7 heteroatoms. The number of amides is 1. The number of benzene rings is 2. The van der Waals surface area contributed by atoms with E-state index in [2.05, 4.69) is 10.3 Å². The molecule has 0 bridgehead atoms. The van der Waals surface area contributed by atoms with Crippen molar-refractivity contribution in [3.63, 3.8) is 0 Å². The first-order valence-corrected chi connectivity index (χ1v) is 9.19. The molecule has 1 amide bonds. The van der Waals surface area contributed by atoms with Gasteiger partial charge in [-0.1, -0.05) is 12.1 Å². The molecule has 0 atom stereocenters. The second kappa shape index (κ2) is 7.00. The fourth-order valence-electron chi connectivity index (χ4n) is 2.81. The highest BCUT2D eigenvalue weighted by molar-refractivity contribution is 8.18. The maximum absolute atomic E-state index is 12.4. The van der Waals surface area contributed by atoms with Crippen molar-refractivity contribution in [3.8, 4) is 17.2 Å². The maximum Gasteiger partial charge on any atom is 0.264 e. The van der Waals surface area contributed by atoms with Gasteiger partial charge in [0.25, 0.3) is 5.91 Å². The number of carbonyl (C=O) groups excluding carboxylic acids is 1. The van der Waals surface area contributed by atoms with Crippen LogP contribution in [-0.4, -0.2) is 25.0 Å². The predicted molar refractivity (Wildman–Crippen MR) is 106 cm³/mol. The number of methoxy groups -OCH3 is 1. The van der Waals surface area contributed by atoms with Crippen LogP contribution in [0.5, 0.6) is 17.2 Å². The number of thioether (sulfide) groups is 1. The quantitative estimate of drug-likeness (QED) is 0.815. The molecule has 2 aliphatic heterocycles. The van der Waals surface area contributed by atoms with E-state index in [-0.39, 0.29) is 12.7 Å². The van der Waals surface area contributed by atoms with E-state index in [0.717, 1.165) is 22.4 Å². The van der Waals surface area contributed by atoms with Crippen molar-refractivity contribution in [1.82, 2.24) is 5.32 Å². The number of carbonyl (C=O) groups is 1. The van der Waals surface area contributed by atoms with Gasteiger partial charge in [-0.2, -0.15) is 0 Å². The Morgan fingerprint density at radius 2 is 2.07 bits per heavy atom. The van der Waals surface area contributed by atoms with E-state index < -0.39 is 0 Å². The molecule has 0 radical (unpaired) electrons. The molecule has 0 unspecified atom stereocenters. The lowest BCUT2D eigenvalue weighted by atomic mass is 10.1. The lowest BCUT2D eigenvalue weighted by molar-refractivity contribution is -0.115. The van der Waals surface area contributed by atoms with E-state index in [1.54, 1.807) is 13.2 Å². The first kappa shape index (κ1) is 17.5. The number of nitrogens with zero attached hydrogens (tertiary/aromatic N) is 1. The standard InChI is InChI=1S/C20H18N2O4S/c1-11-4-5-12(2)14(6-11)21-20-22-19(23)17(27-20)9-13-7-15(24-3)18-16(8-13)25-10-26-18/h4-9H,10H2,1-3H3,(H,21,22,23)/b17-9-. The summed E-state index contributed by atoms with van der Waals surface area (Å²) in [4.78, 5) is 17.5. The summed E-state index contributed by atoms with van der Waals surface area (Å²) < 4.78 is 16.2. The summed E-state index contributed by atoms with van der Waals surface area (Å²) >= 11 is 1.31. The predicted octanol–water partition coefficient (Wildman–Crippen LogP) is 3.93. The second-order valence-corrected chi connectivity index (χ2v) is 7.26. The first-order chi connectivity index (χ1) is 13.0. The van der Waals surface area contributed by atoms with Crippen molar-refractivity contribution in [1.29, 1.82) is 0 Å². The Balaban J connectivity index is 1.63. The number of hydrogen-bond acceptors (Lipinski definition) is 6. The molecule has 4 rings (SSSR count). The number of fused-ring (bicyclic) bond motifs is 1. The fourth-order valence-corrected chi connectivity index (χ4v) is 3.65. The normalized spacial score (nSPS) is 18.3. The van der Waals surface area contributed by atoms with Gasteiger partial charge < -0.3 is 19.5 Å². The van der Waals surface area contributed by atoms with Gasteiger partial charge in [-0.3, -0.25) is 4.79 Å². The summed E-state index contributed by atoms with van der Waals surface area (Å²) in [5.74, 6) is 1.58. The molecule has 27 heavy (non-hydrogen) atoms. The third-order valence-electron chi connectivity index (χ3n) is 4.22. The Bertz CT molecular complexity index is 998. The Hall–Kier alpha value is -2.93. The van der Waals surface area contributed by atoms with Gasteiger partial charge >= 0.3 is 0 Å². The van der Waals surface area contributed by atoms with Crippen LogP contribution in [0.1, 0.15) is 16.7 Å². The van der Waals surface area contributed by atoms with Gasteiger partial charge in [0.1, 0.15) is 0 Å². The molecular formula is C20H18N2O4S. The number of ether oxygens (including phenoxy) is 3. The molecule has 2 aromatic carbocycles. The molecular weight excluding hydrogens is 364 g/mol. The van der Waals surface area contributed by atoms with E-state index in [9.17, 15) is 4.79 Å². The van der Waals surface area contributed by atoms with E-state index in [4.69, 9.17) is 14.2 Å². The summed E-state index contributed by atoms with van der Waals surface area (Å²) in [7, 11) is 1.57. The van der Waals surface area contributed by atoms with Crippen molar-refractivity contribution in [2.45, 2.75) is 13.8 Å². The van der Waals surface area contributed by atoms with Gasteiger partial charge in [0.2, 0.25) is 12.5 Å². The van der Waals surface area contributed by atoms with Crippen LogP contribution >= 0.6 is 11.8 Å². The minimum absolute atomic E-state index is 0.160. The molecule has 0 aromatic heterocycles. The number of aliphatic imine (C=N–C) groups is 1. The highest BCUT2D eigenvalue weighted by atomic mass is 32.2. The van der Waals surface area contributed by atoms with Crippen LogP contribution in [-0.2, 0) is 4.79 Å². The summed E-state index contributed by atoms with van der Waals surface area (Å²) in [6, 6.07) is 9.70. The van der Waals surface area contributed by atoms with Crippen molar-refractivity contribution in [2.24, 2.45) is 4.99 Å². The molecule has 0 aliphatic carbocycles. The maximum atomic E-state index is 12.4. The number of amidine groups is 1. The smallest absolute Gasteiger partial charge is 0.264 e. The zero-order valence-corrected chi connectivity index (χ0v) is 16.0. The van der Waals surface area contributed by atoms with Crippen LogP contribution < -0.4 is 19.5 Å². The Labute approximate surface area is 161 Å². The van der Waals surface area contributed by atoms with Crippen LogP contribution in [0.2, 0.25) is 0 Å². The zero-order chi connectivity index (χ0) is 19.0. The summed E-state index contributed by atoms with van der Waals surface area (Å²) in [5.41, 5.74) is 3.82. The topological polar surface area (TPSA) is 69.2 Å². The molecule has 6 nitrogen and oxygen atoms in total. The molecule has 2 heterocycles. The summed E-state index contributed by atoms with van der Waals surface area (Å²) in [6.07, 6.45) is 1.79. The SMILES string of the molecule is COc1cc(/C=C2\SC(=Nc3cc(C)ccc3C)NC2=O)cc2c1OCO2. The number of aryl methyl sites for hydroxylation is 2. The van der Waals surface area contributed by atoms with Gasteiger partial charge in [-0.15, -0.1) is 0 Å². The van der Waals surface area contributed by atoms with Crippen LogP contribution in [0.25, 0.3) is 6.08 Å². The number of nitrogens with one attached hydrogen (secondary N) is 1. The molecule has 2 aliphatic rings. The highest BCUT2D eigenvalue weighted by Crippen LogP contribution is 2.42. The molecule has 1 saturated heterocycles. The Morgan fingerprint density at radius 3 is 2.89 bits per heavy atom. The van der Waals surface area contributed by atoms with Crippen LogP contribution in [0.4, 0.5) is 5.69 Å². The monoisotopic (exact) mass is 382 g/mol. The van der Waals surface area contributed by atoms with Crippen molar-refractivity contribution in [2.75, 3.05) is 13.9 Å². The van der Waals surface area contributed by atoms with Crippen LogP contribution in [0, 0.1) is 13.8 Å². The Kier molecular flexibility index (Phi) is 4.53. The van der Waals surface area contributed by atoms with Crippen molar-refractivity contribution in [3.05, 3.63) is 51.9 Å². The minimum atomic E-state index is -0.180. The van der Waals surface area contributed by atoms with E-state index in [0.29, 0.717) is 27.3 Å². The summed E-state index contributed by atoms with van der Waals surface area (Å²) in [5, 5.41) is 3.38. The largest absolute Gasteiger partial charge is 0.493 e. The third kappa shape index (κ3) is 3.50. The third-order valence-corrected chi connectivity index (χ3v) is 5.13. The highest BCUT2D eigenvalue weighted by Gasteiger charge is 2.25. The van der Waals surface area contributed by atoms with Crippen LogP contribution in [0.3, 0.4) is 0 Å². The average molecular weight is 382 g/mol. The molecule has 1 fully saturated rings. The minimum Gasteiger partial charge on any atom is -0.493 e. The second-order valence-electron chi connectivity index (χ2n) is 6.23. The van der Waals surface area contributed by atoms with E-state index in [1.165, 1.54) is 11.8 Å². The van der Waals surface area contributed by atoms with Gasteiger partial charge in [-0.25, -0.2) is 4.99 Å².